The van der Waals surface area contributed by atoms with Crippen molar-refractivity contribution in [3.8, 4) is 0 Å². The summed E-state index contributed by atoms with van der Waals surface area (Å²) in [7, 11) is 8.14. The Morgan fingerprint density at radius 1 is 1.22 bits per heavy atom. The summed E-state index contributed by atoms with van der Waals surface area (Å²) in [4.78, 5) is 22.0. The summed E-state index contributed by atoms with van der Waals surface area (Å²) in [5.41, 5.74) is 1.05. The SMILES string of the molecule is CN(C)C[C@@H]1OCCN(C(=O)CN2CCCN(C)CC2)[C@H]1c1cnn(C)c1. The van der Waals surface area contributed by atoms with Crippen LogP contribution in [-0.4, -0.2) is 115 Å². The van der Waals surface area contributed by atoms with Crippen molar-refractivity contribution in [3.05, 3.63) is 18.0 Å². The van der Waals surface area contributed by atoms with Crippen molar-refractivity contribution in [1.82, 2.24) is 29.4 Å². The van der Waals surface area contributed by atoms with Crippen LogP contribution in [0, 0.1) is 0 Å². The molecule has 2 saturated heterocycles. The van der Waals surface area contributed by atoms with Crippen molar-refractivity contribution >= 4 is 5.91 Å². The van der Waals surface area contributed by atoms with Gasteiger partial charge >= 0.3 is 0 Å². The maximum Gasteiger partial charge on any atom is 0.237 e. The van der Waals surface area contributed by atoms with Crippen LogP contribution >= 0.6 is 0 Å². The molecule has 2 aliphatic rings. The summed E-state index contributed by atoms with van der Waals surface area (Å²) in [5.74, 6) is 0.195. The van der Waals surface area contributed by atoms with E-state index in [1.54, 1.807) is 4.68 Å². The Hall–Kier alpha value is -1.48. The van der Waals surface area contributed by atoms with Crippen LogP contribution in [0.4, 0.5) is 0 Å². The molecule has 0 spiro atoms. The molecule has 1 amide bonds. The number of carbonyl (C=O) groups excluding carboxylic acids is 1. The molecule has 1 aromatic heterocycles. The Balaban J connectivity index is 1.74. The van der Waals surface area contributed by atoms with Gasteiger partial charge in [-0.3, -0.25) is 14.4 Å². The summed E-state index contributed by atoms with van der Waals surface area (Å²) in [6.07, 6.45) is 4.94. The molecule has 3 rings (SSSR count). The van der Waals surface area contributed by atoms with E-state index in [4.69, 9.17) is 4.74 Å². The molecule has 2 atom stereocenters. The Bertz CT molecular complexity index is 619. The monoisotopic (exact) mass is 378 g/mol. The highest BCUT2D eigenvalue weighted by Gasteiger charge is 2.37. The fourth-order valence-corrected chi connectivity index (χ4v) is 4.05. The van der Waals surface area contributed by atoms with Gasteiger partial charge in [0.2, 0.25) is 5.91 Å². The zero-order valence-corrected chi connectivity index (χ0v) is 17.2. The van der Waals surface area contributed by atoms with Crippen molar-refractivity contribution in [3.63, 3.8) is 0 Å². The minimum absolute atomic E-state index is 0.0443. The van der Waals surface area contributed by atoms with Gasteiger partial charge in [-0.05, 0) is 40.7 Å². The van der Waals surface area contributed by atoms with E-state index in [9.17, 15) is 4.79 Å². The third kappa shape index (κ3) is 5.28. The minimum atomic E-state index is -0.0861. The lowest BCUT2D eigenvalue weighted by Gasteiger charge is -2.42. The molecule has 0 aromatic carbocycles. The first-order valence-corrected chi connectivity index (χ1v) is 9.89. The Kier molecular flexibility index (Phi) is 6.86. The molecule has 3 heterocycles. The van der Waals surface area contributed by atoms with E-state index in [-0.39, 0.29) is 18.1 Å². The van der Waals surface area contributed by atoms with Gasteiger partial charge in [-0.15, -0.1) is 0 Å². The van der Waals surface area contributed by atoms with Crippen LogP contribution in [0.1, 0.15) is 18.0 Å². The second kappa shape index (κ2) is 9.14. The number of morpholine rings is 1. The Labute approximate surface area is 162 Å². The Morgan fingerprint density at radius 3 is 2.74 bits per heavy atom. The van der Waals surface area contributed by atoms with Gasteiger partial charge in [-0.1, -0.05) is 0 Å². The third-order valence-corrected chi connectivity index (χ3v) is 5.45. The van der Waals surface area contributed by atoms with Crippen LogP contribution in [0.3, 0.4) is 0 Å². The first-order chi connectivity index (χ1) is 12.9. The molecule has 2 aliphatic heterocycles. The second-order valence-electron chi connectivity index (χ2n) is 8.08. The van der Waals surface area contributed by atoms with Gasteiger partial charge < -0.3 is 19.4 Å². The number of rotatable bonds is 5. The second-order valence-corrected chi connectivity index (χ2v) is 8.08. The van der Waals surface area contributed by atoms with Gasteiger partial charge in [0.15, 0.2) is 0 Å². The van der Waals surface area contributed by atoms with Crippen LogP contribution in [-0.2, 0) is 16.6 Å². The van der Waals surface area contributed by atoms with Crippen LogP contribution in [0.5, 0.6) is 0 Å². The quantitative estimate of drug-likeness (QED) is 0.713. The fourth-order valence-electron chi connectivity index (χ4n) is 4.05. The first-order valence-electron chi connectivity index (χ1n) is 9.89. The van der Waals surface area contributed by atoms with Gasteiger partial charge in [0.05, 0.1) is 31.5 Å². The molecule has 152 valence electrons. The first kappa shape index (κ1) is 20.3. The van der Waals surface area contributed by atoms with E-state index in [0.29, 0.717) is 19.7 Å². The van der Waals surface area contributed by atoms with Gasteiger partial charge in [0, 0.05) is 45.0 Å². The van der Waals surface area contributed by atoms with E-state index in [1.165, 1.54) is 0 Å². The number of likely N-dealkylation sites (N-methyl/N-ethyl adjacent to an activating group) is 2. The predicted octanol–water partition coefficient (Wildman–Crippen LogP) is -0.112. The lowest BCUT2D eigenvalue weighted by molar-refractivity contribution is -0.149. The molecule has 0 unspecified atom stereocenters. The summed E-state index contributed by atoms with van der Waals surface area (Å²) < 4.78 is 7.87. The molecular formula is C19H34N6O2. The molecule has 8 nitrogen and oxygen atoms in total. The summed E-state index contributed by atoms with van der Waals surface area (Å²) in [6.45, 7) is 6.54. The average molecular weight is 379 g/mol. The number of amides is 1. The zero-order valence-electron chi connectivity index (χ0n) is 17.2. The summed E-state index contributed by atoms with van der Waals surface area (Å²) in [6, 6.07) is -0.0861. The van der Waals surface area contributed by atoms with Crippen LogP contribution < -0.4 is 0 Å². The largest absolute Gasteiger partial charge is 0.373 e. The number of aryl methyl sites for hydroxylation is 1. The fraction of sp³-hybridized carbons (Fsp3) is 0.789. The van der Waals surface area contributed by atoms with Crippen molar-refractivity contribution in [1.29, 1.82) is 0 Å². The van der Waals surface area contributed by atoms with Crippen molar-refractivity contribution < 1.29 is 9.53 Å². The van der Waals surface area contributed by atoms with Crippen molar-refractivity contribution in [2.24, 2.45) is 7.05 Å². The normalized spacial score (nSPS) is 25.7. The highest BCUT2D eigenvalue weighted by atomic mass is 16.5. The lowest BCUT2D eigenvalue weighted by Crippen LogP contribution is -2.53. The van der Waals surface area contributed by atoms with Crippen LogP contribution in [0.2, 0.25) is 0 Å². The maximum atomic E-state index is 13.3. The number of carbonyl (C=O) groups is 1. The van der Waals surface area contributed by atoms with Crippen LogP contribution in [0.25, 0.3) is 0 Å². The molecule has 0 N–H and O–H groups in total. The molecule has 0 saturated carbocycles. The molecule has 0 radical (unpaired) electrons. The Morgan fingerprint density at radius 2 is 2.04 bits per heavy atom. The number of ether oxygens (including phenoxy) is 1. The molecule has 2 fully saturated rings. The molecule has 8 heteroatoms. The third-order valence-electron chi connectivity index (χ3n) is 5.45. The van der Waals surface area contributed by atoms with E-state index >= 15 is 0 Å². The predicted molar refractivity (Wildman–Crippen MR) is 105 cm³/mol. The zero-order chi connectivity index (χ0) is 19.4. The maximum absolute atomic E-state index is 13.3. The minimum Gasteiger partial charge on any atom is -0.373 e. The van der Waals surface area contributed by atoms with E-state index in [0.717, 1.165) is 44.7 Å². The molecule has 0 bridgehead atoms. The number of nitrogens with zero attached hydrogens (tertiary/aromatic N) is 6. The van der Waals surface area contributed by atoms with Crippen molar-refractivity contribution in [2.75, 3.05) is 73.6 Å². The van der Waals surface area contributed by atoms with E-state index < -0.39 is 0 Å². The number of hydrogen-bond acceptors (Lipinski definition) is 6. The van der Waals surface area contributed by atoms with Gasteiger partial charge in [0.1, 0.15) is 0 Å². The van der Waals surface area contributed by atoms with E-state index in [2.05, 4.69) is 26.8 Å². The molecule has 0 aliphatic carbocycles. The average Bonchev–Trinajstić information content (AvgIpc) is 2.94. The molecule has 27 heavy (non-hydrogen) atoms. The van der Waals surface area contributed by atoms with Gasteiger partial charge in [-0.25, -0.2) is 0 Å². The van der Waals surface area contributed by atoms with Crippen LogP contribution in [0.15, 0.2) is 12.4 Å². The topological polar surface area (TPSA) is 57.1 Å². The van der Waals surface area contributed by atoms with Gasteiger partial charge in [0.25, 0.3) is 0 Å². The number of aromatic nitrogens is 2. The van der Waals surface area contributed by atoms with E-state index in [1.807, 2.05) is 38.4 Å². The summed E-state index contributed by atoms with van der Waals surface area (Å²) in [5, 5.41) is 4.33. The smallest absolute Gasteiger partial charge is 0.237 e. The molecule has 1 aromatic rings. The summed E-state index contributed by atoms with van der Waals surface area (Å²) >= 11 is 0. The standard InChI is InChI=1S/C19H34N6O2/c1-21(2)14-17-19(16-12-20-23(4)13-16)25(10-11-27-17)18(26)15-24-7-5-6-22(3)8-9-24/h12-13,17,19H,5-11,14-15H2,1-4H3/t17-,19-/m0/s1. The van der Waals surface area contributed by atoms with Crippen molar-refractivity contribution in [2.45, 2.75) is 18.6 Å². The molecular weight excluding hydrogens is 344 g/mol. The lowest BCUT2D eigenvalue weighted by atomic mass is 10.00. The highest BCUT2D eigenvalue weighted by Crippen LogP contribution is 2.30. The highest BCUT2D eigenvalue weighted by molar-refractivity contribution is 5.79. The number of hydrogen-bond donors (Lipinski definition) is 0. The van der Waals surface area contributed by atoms with Gasteiger partial charge in [-0.2, -0.15) is 5.10 Å².